The molecule has 0 spiro atoms. The molecule has 2 rings (SSSR count). The van der Waals surface area contributed by atoms with Crippen LogP contribution in [0.25, 0.3) is 0 Å². The van der Waals surface area contributed by atoms with Crippen molar-refractivity contribution in [1.29, 1.82) is 0 Å². The quantitative estimate of drug-likeness (QED) is 0.738. The smallest absolute Gasteiger partial charge is 0.264 e. The van der Waals surface area contributed by atoms with Gasteiger partial charge in [0.05, 0.1) is 10.7 Å². The summed E-state index contributed by atoms with van der Waals surface area (Å²) in [4.78, 5) is -0.0397. The number of nitrogens with zero attached hydrogens (tertiary/aromatic N) is 1. The van der Waals surface area contributed by atoms with Crippen molar-refractivity contribution in [2.45, 2.75) is 4.90 Å². The lowest BCUT2D eigenvalue weighted by Gasteiger charge is -2.10. The summed E-state index contributed by atoms with van der Waals surface area (Å²) >= 11 is 8.92. The van der Waals surface area contributed by atoms with Crippen LogP contribution in [0.3, 0.4) is 0 Å². The highest BCUT2D eigenvalue weighted by Gasteiger charge is 2.20. The Labute approximate surface area is 117 Å². The van der Waals surface area contributed by atoms with Crippen LogP contribution in [0.4, 0.5) is 11.5 Å². The van der Waals surface area contributed by atoms with E-state index in [4.69, 9.17) is 17.3 Å². The normalized spacial score (nSPS) is 11.4. The van der Waals surface area contributed by atoms with E-state index in [9.17, 15) is 8.42 Å². The third kappa shape index (κ3) is 2.60. The average Bonchev–Trinajstić information content (AvgIpc) is 2.75. The van der Waals surface area contributed by atoms with Crippen LogP contribution in [-0.4, -0.2) is 18.6 Å². The van der Waals surface area contributed by atoms with Gasteiger partial charge in [-0.05, 0) is 28.1 Å². The predicted molar refractivity (Wildman–Crippen MR) is 73.0 cm³/mol. The van der Waals surface area contributed by atoms with Crippen LogP contribution in [0.15, 0.2) is 33.8 Å². The second-order valence-corrected chi connectivity index (χ2v) is 6.26. The summed E-state index contributed by atoms with van der Waals surface area (Å²) in [6.07, 6.45) is 1.43. The molecule has 0 amide bonds. The Morgan fingerprint density at radius 3 is 2.78 bits per heavy atom. The van der Waals surface area contributed by atoms with Crippen LogP contribution in [0.1, 0.15) is 0 Å². The van der Waals surface area contributed by atoms with Crippen LogP contribution >= 0.6 is 27.5 Å². The number of hydrogen-bond donors (Lipinski definition) is 3. The van der Waals surface area contributed by atoms with E-state index in [0.29, 0.717) is 0 Å². The van der Waals surface area contributed by atoms with Gasteiger partial charge in [0.15, 0.2) is 0 Å². The fourth-order valence-corrected chi connectivity index (χ4v) is 3.60. The van der Waals surface area contributed by atoms with Gasteiger partial charge in [0.1, 0.15) is 10.7 Å². The molecule has 9 heteroatoms. The third-order valence-corrected chi connectivity index (χ3v) is 4.82. The van der Waals surface area contributed by atoms with Gasteiger partial charge >= 0.3 is 0 Å². The first kappa shape index (κ1) is 13.2. The highest BCUT2D eigenvalue weighted by molar-refractivity contribution is 9.10. The first-order valence-electron chi connectivity index (χ1n) is 4.67. The summed E-state index contributed by atoms with van der Waals surface area (Å²) < 4.78 is 26.8. The number of hydrogen-bond acceptors (Lipinski definition) is 4. The molecule has 0 saturated heterocycles. The van der Waals surface area contributed by atoms with Gasteiger partial charge in [-0.1, -0.05) is 11.6 Å². The lowest BCUT2D eigenvalue weighted by Crippen LogP contribution is -2.14. The van der Waals surface area contributed by atoms with E-state index < -0.39 is 10.0 Å². The Kier molecular flexibility index (Phi) is 3.51. The lowest BCUT2D eigenvalue weighted by molar-refractivity contribution is 0.600. The van der Waals surface area contributed by atoms with E-state index in [-0.39, 0.29) is 25.9 Å². The largest absolute Gasteiger partial charge is 0.398 e. The molecule has 6 nitrogen and oxygen atoms in total. The highest BCUT2D eigenvalue weighted by atomic mass is 79.9. The Morgan fingerprint density at radius 2 is 2.17 bits per heavy atom. The van der Waals surface area contributed by atoms with Gasteiger partial charge in [-0.2, -0.15) is 5.10 Å². The minimum atomic E-state index is -3.79. The molecule has 1 aromatic heterocycles. The Bertz CT molecular complexity index is 672. The Hall–Kier alpha value is -1.25. The van der Waals surface area contributed by atoms with E-state index >= 15 is 0 Å². The first-order chi connectivity index (χ1) is 8.40. The van der Waals surface area contributed by atoms with Crippen molar-refractivity contribution in [3.05, 3.63) is 33.9 Å². The van der Waals surface area contributed by atoms with Crippen molar-refractivity contribution in [3.8, 4) is 0 Å². The molecular weight excluding hydrogens is 344 g/mol. The van der Waals surface area contributed by atoms with Crippen LogP contribution in [0.2, 0.25) is 5.02 Å². The van der Waals surface area contributed by atoms with Crippen molar-refractivity contribution in [3.63, 3.8) is 0 Å². The Morgan fingerprint density at radius 1 is 1.44 bits per heavy atom. The molecule has 1 aromatic carbocycles. The fraction of sp³-hybridized carbons (Fsp3) is 0. The molecule has 18 heavy (non-hydrogen) atoms. The van der Waals surface area contributed by atoms with Gasteiger partial charge in [0, 0.05) is 16.8 Å². The molecule has 0 saturated carbocycles. The molecule has 96 valence electrons. The molecule has 0 unspecified atom stereocenters. The number of nitrogen functional groups attached to an aromatic ring is 1. The molecular formula is C9H8BrClN4O2S. The molecule has 0 aliphatic carbocycles. The molecule has 4 N–H and O–H groups in total. The molecule has 0 atom stereocenters. The third-order valence-electron chi connectivity index (χ3n) is 2.07. The van der Waals surface area contributed by atoms with E-state index in [1.807, 2.05) is 0 Å². The number of halogens is 2. The summed E-state index contributed by atoms with van der Waals surface area (Å²) in [5, 5.41) is 6.37. The number of benzene rings is 1. The fourth-order valence-electron chi connectivity index (χ4n) is 1.29. The first-order valence-corrected chi connectivity index (χ1v) is 7.32. The minimum Gasteiger partial charge on any atom is -0.398 e. The van der Waals surface area contributed by atoms with Crippen molar-refractivity contribution in [2.24, 2.45) is 0 Å². The summed E-state index contributed by atoms with van der Waals surface area (Å²) in [6.45, 7) is 0. The number of nitrogens with one attached hydrogen (secondary N) is 2. The number of rotatable bonds is 3. The van der Waals surface area contributed by atoms with Crippen LogP contribution in [0.5, 0.6) is 0 Å². The zero-order chi connectivity index (χ0) is 13.3. The number of H-pyrrole nitrogens is 1. The van der Waals surface area contributed by atoms with Gasteiger partial charge in [0.25, 0.3) is 10.0 Å². The molecule has 0 aliphatic heterocycles. The van der Waals surface area contributed by atoms with Crippen molar-refractivity contribution >= 4 is 49.1 Å². The number of aromatic amines is 1. The van der Waals surface area contributed by atoms with E-state index in [1.165, 1.54) is 24.4 Å². The van der Waals surface area contributed by atoms with E-state index in [1.54, 1.807) is 0 Å². The summed E-state index contributed by atoms with van der Waals surface area (Å²) in [5.74, 6) is 0.250. The summed E-state index contributed by atoms with van der Waals surface area (Å²) in [6, 6.07) is 4.25. The molecule has 2 aromatic rings. The standard InChI is InChI=1S/C9H8BrClN4O2S/c10-9-6(12)3-5(11)4-7(9)18(16,17)15-8-1-2-13-14-8/h1-4H,12H2,(H2,13,14,15). The minimum absolute atomic E-state index is 0.0397. The number of nitrogens with two attached hydrogens (primary N) is 1. The lowest BCUT2D eigenvalue weighted by atomic mass is 10.3. The van der Waals surface area contributed by atoms with Gasteiger partial charge < -0.3 is 5.73 Å². The van der Waals surface area contributed by atoms with Gasteiger partial charge in [-0.25, -0.2) is 8.42 Å². The van der Waals surface area contributed by atoms with Gasteiger partial charge in [-0.3, -0.25) is 9.82 Å². The molecule has 0 radical (unpaired) electrons. The van der Waals surface area contributed by atoms with Crippen LogP contribution < -0.4 is 10.5 Å². The van der Waals surface area contributed by atoms with Crippen molar-refractivity contribution in [1.82, 2.24) is 10.2 Å². The van der Waals surface area contributed by atoms with Gasteiger partial charge in [-0.15, -0.1) is 0 Å². The van der Waals surface area contributed by atoms with Crippen molar-refractivity contribution in [2.75, 3.05) is 10.5 Å². The molecule has 0 bridgehead atoms. The van der Waals surface area contributed by atoms with E-state index in [2.05, 4.69) is 30.8 Å². The maximum atomic E-state index is 12.1. The Balaban J connectivity index is 2.48. The predicted octanol–water partition coefficient (Wildman–Crippen LogP) is 2.21. The molecule has 0 aliphatic rings. The second kappa shape index (κ2) is 4.79. The van der Waals surface area contributed by atoms with Gasteiger partial charge in [0.2, 0.25) is 0 Å². The summed E-state index contributed by atoms with van der Waals surface area (Å²) in [5.41, 5.74) is 5.89. The molecule has 1 heterocycles. The second-order valence-electron chi connectivity index (χ2n) is 3.38. The number of anilines is 2. The highest BCUT2D eigenvalue weighted by Crippen LogP contribution is 2.32. The monoisotopic (exact) mass is 350 g/mol. The van der Waals surface area contributed by atoms with Crippen LogP contribution in [-0.2, 0) is 10.0 Å². The molecule has 0 fully saturated rings. The zero-order valence-electron chi connectivity index (χ0n) is 8.81. The topological polar surface area (TPSA) is 101 Å². The van der Waals surface area contributed by atoms with E-state index in [0.717, 1.165) is 0 Å². The van der Waals surface area contributed by atoms with Crippen LogP contribution in [0, 0.1) is 0 Å². The number of aromatic nitrogens is 2. The van der Waals surface area contributed by atoms with Crippen molar-refractivity contribution < 1.29 is 8.42 Å². The average molecular weight is 352 g/mol. The summed E-state index contributed by atoms with van der Waals surface area (Å²) in [7, 11) is -3.79. The maximum absolute atomic E-state index is 12.1. The zero-order valence-corrected chi connectivity index (χ0v) is 12.0. The SMILES string of the molecule is Nc1cc(Cl)cc(S(=O)(=O)Nc2ccn[nH]2)c1Br. The number of sulfonamides is 1. The maximum Gasteiger partial charge on any atom is 0.264 e.